The van der Waals surface area contributed by atoms with Gasteiger partial charge in [0.15, 0.2) is 0 Å². The van der Waals surface area contributed by atoms with E-state index in [2.05, 4.69) is 10.3 Å². The molecule has 0 aromatic carbocycles. The molecule has 104 valence electrons. The van der Waals surface area contributed by atoms with Crippen LogP contribution in [0.1, 0.15) is 31.2 Å². The number of aromatic nitrogens is 1. The molecule has 6 nitrogen and oxygen atoms in total. The zero-order valence-corrected chi connectivity index (χ0v) is 11.6. The number of rotatable bonds is 3. The van der Waals surface area contributed by atoms with E-state index in [0.29, 0.717) is 5.56 Å². The highest BCUT2D eigenvalue weighted by Crippen LogP contribution is 2.33. The zero-order chi connectivity index (χ0) is 14.9. The Hall–Kier alpha value is -2.41. The van der Waals surface area contributed by atoms with E-state index in [1.54, 1.807) is 13.8 Å². The van der Waals surface area contributed by atoms with E-state index in [-0.39, 0.29) is 21.9 Å². The summed E-state index contributed by atoms with van der Waals surface area (Å²) in [6.07, 6.45) is 2.52. The van der Waals surface area contributed by atoms with Crippen LogP contribution in [0, 0.1) is 13.8 Å². The van der Waals surface area contributed by atoms with Crippen LogP contribution in [0.4, 0.5) is 5.00 Å². The van der Waals surface area contributed by atoms with Crippen molar-refractivity contribution >= 4 is 28.2 Å². The van der Waals surface area contributed by atoms with Crippen LogP contribution < -0.4 is 5.32 Å². The first-order chi connectivity index (χ1) is 9.41. The maximum absolute atomic E-state index is 12.0. The monoisotopic (exact) mass is 292 g/mol. The van der Waals surface area contributed by atoms with Crippen LogP contribution in [0.3, 0.4) is 0 Å². The molecular formula is C13H12N2O4S. The minimum Gasteiger partial charge on any atom is -0.505 e. The number of hydrogen-bond acceptors (Lipinski definition) is 5. The Kier molecular flexibility index (Phi) is 3.71. The van der Waals surface area contributed by atoms with Crippen LogP contribution in [-0.2, 0) is 0 Å². The molecule has 3 N–H and O–H groups in total. The number of aromatic carboxylic acids is 1. The van der Waals surface area contributed by atoms with Crippen molar-refractivity contribution in [2.24, 2.45) is 0 Å². The highest BCUT2D eigenvalue weighted by Gasteiger charge is 2.21. The van der Waals surface area contributed by atoms with E-state index in [4.69, 9.17) is 0 Å². The van der Waals surface area contributed by atoms with Crippen molar-refractivity contribution in [2.45, 2.75) is 13.8 Å². The minimum atomic E-state index is -1.10. The minimum absolute atomic E-state index is 0.0417. The van der Waals surface area contributed by atoms with Crippen molar-refractivity contribution in [1.82, 2.24) is 4.98 Å². The molecule has 0 aliphatic carbocycles. The Morgan fingerprint density at radius 2 is 2.05 bits per heavy atom. The molecule has 2 heterocycles. The molecule has 2 rings (SSSR count). The normalized spacial score (nSPS) is 10.3. The molecule has 0 bridgehead atoms. The number of nitrogens with zero attached hydrogens (tertiary/aromatic N) is 1. The summed E-state index contributed by atoms with van der Waals surface area (Å²) in [5.74, 6) is -1.93. The van der Waals surface area contributed by atoms with Gasteiger partial charge in [-0.2, -0.15) is 0 Å². The number of carbonyl (C=O) groups excluding carboxylic acids is 1. The van der Waals surface area contributed by atoms with Gasteiger partial charge in [-0.3, -0.25) is 9.78 Å². The van der Waals surface area contributed by atoms with Crippen molar-refractivity contribution in [3.8, 4) is 5.75 Å². The van der Waals surface area contributed by atoms with E-state index in [1.165, 1.54) is 23.6 Å². The third-order valence-electron chi connectivity index (χ3n) is 2.87. The summed E-state index contributed by atoms with van der Waals surface area (Å²) in [5, 5.41) is 21.5. The smallest absolute Gasteiger partial charge is 0.338 e. The van der Waals surface area contributed by atoms with Crippen LogP contribution in [0.2, 0.25) is 0 Å². The summed E-state index contributed by atoms with van der Waals surface area (Å²) < 4.78 is 0. The van der Waals surface area contributed by atoms with Gasteiger partial charge in [0.05, 0.1) is 17.3 Å². The molecule has 20 heavy (non-hydrogen) atoms. The maximum Gasteiger partial charge on any atom is 0.338 e. The number of aromatic hydroxyl groups is 1. The molecule has 0 fully saturated rings. The van der Waals surface area contributed by atoms with Gasteiger partial charge in [0.25, 0.3) is 5.91 Å². The molecule has 0 saturated carbocycles. The van der Waals surface area contributed by atoms with Gasteiger partial charge < -0.3 is 15.5 Å². The summed E-state index contributed by atoms with van der Waals surface area (Å²) in [5.41, 5.74) is 0.742. The topological polar surface area (TPSA) is 99.5 Å². The standard InChI is InChI=1S/C13H12N2O4S/c1-6-7(2)20-12(10(6)13(18)19)15-11(17)8-3-4-14-5-9(8)16/h3-5,16H,1-2H3,(H,15,17)(H,18,19). The highest BCUT2D eigenvalue weighted by atomic mass is 32.1. The predicted octanol–water partition coefficient (Wildman–Crippen LogP) is 2.42. The molecule has 1 amide bonds. The number of carbonyl (C=O) groups is 2. The number of carboxylic acids is 1. The van der Waals surface area contributed by atoms with Crippen molar-refractivity contribution in [3.05, 3.63) is 40.0 Å². The summed E-state index contributed by atoms with van der Waals surface area (Å²) in [7, 11) is 0. The summed E-state index contributed by atoms with van der Waals surface area (Å²) in [4.78, 5) is 27.8. The lowest BCUT2D eigenvalue weighted by Crippen LogP contribution is -2.13. The second-order valence-electron chi connectivity index (χ2n) is 4.14. The Bertz CT molecular complexity index is 694. The average molecular weight is 292 g/mol. The second kappa shape index (κ2) is 5.30. The SMILES string of the molecule is Cc1sc(NC(=O)c2ccncc2O)c(C(=O)O)c1C. The lowest BCUT2D eigenvalue weighted by atomic mass is 10.1. The summed E-state index contributed by atoms with van der Waals surface area (Å²) in [6.45, 7) is 3.47. The van der Waals surface area contributed by atoms with E-state index < -0.39 is 11.9 Å². The first-order valence-corrected chi connectivity index (χ1v) is 6.51. The van der Waals surface area contributed by atoms with Gasteiger partial charge >= 0.3 is 5.97 Å². The first-order valence-electron chi connectivity index (χ1n) is 5.69. The van der Waals surface area contributed by atoms with Gasteiger partial charge in [-0.25, -0.2) is 4.79 Å². The van der Waals surface area contributed by atoms with Gasteiger partial charge in [0.1, 0.15) is 10.8 Å². The third-order valence-corrected chi connectivity index (χ3v) is 3.99. The maximum atomic E-state index is 12.0. The van der Waals surface area contributed by atoms with Crippen LogP contribution in [-0.4, -0.2) is 27.1 Å². The van der Waals surface area contributed by atoms with Crippen LogP contribution in [0.5, 0.6) is 5.75 Å². The van der Waals surface area contributed by atoms with Crippen molar-refractivity contribution in [3.63, 3.8) is 0 Å². The van der Waals surface area contributed by atoms with E-state index >= 15 is 0 Å². The van der Waals surface area contributed by atoms with Crippen molar-refractivity contribution in [2.75, 3.05) is 5.32 Å². The molecular weight excluding hydrogens is 280 g/mol. The van der Waals surface area contributed by atoms with Crippen LogP contribution in [0.15, 0.2) is 18.5 Å². The lowest BCUT2D eigenvalue weighted by molar-refractivity contribution is 0.0697. The molecule has 0 saturated heterocycles. The van der Waals surface area contributed by atoms with Crippen molar-refractivity contribution in [1.29, 1.82) is 0 Å². The molecule has 0 spiro atoms. The Labute approximate surface area is 118 Å². The zero-order valence-electron chi connectivity index (χ0n) is 10.8. The molecule has 0 unspecified atom stereocenters. The molecule has 0 atom stereocenters. The highest BCUT2D eigenvalue weighted by molar-refractivity contribution is 7.16. The molecule has 0 aliphatic rings. The number of carboxylic acid groups (broad SMARTS) is 1. The lowest BCUT2D eigenvalue weighted by Gasteiger charge is -2.05. The molecule has 0 aliphatic heterocycles. The average Bonchev–Trinajstić information content (AvgIpc) is 2.65. The summed E-state index contributed by atoms with van der Waals surface area (Å²) in [6, 6.07) is 1.36. The van der Waals surface area contributed by atoms with Crippen molar-refractivity contribution < 1.29 is 19.8 Å². The fraction of sp³-hybridized carbons (Fsp3) is 0.154. The summed E-state index contributed by atoms with van der Waals surface area (Å²) >= 11 is 1.19. The number of thiophene rings is 1. The number of anilines is 1. The van der Waals surface area contributed by atoms with Gasteiger partial charge in [-0.1, -0.05) is 0 Å². The number of nitrogens with one attached hydrogen (secondary N) is 1. The van der Waals surface area contributed by atoms with Crippen LogP contribution >= 0.6 is 11.3 Å². The van der Waals surface area contributed by atoms with Crippen LogP contribution in [0.25, 0.3) is 0 Å². The molecule has 7 heteroatoms. The van der Waals surface area contributed by atoms with Gasteiger partial charge in [0, 0.05) is 11.1 Å². The fourth-order valence-corrected chi connectivity index (χ4v) is 2.77. The predicted molar refractivity (Wildman–Crippen MR) is 74.6 cm³/mol. The number of aryl methyl sites for hydroxylation is 1. The Balaban J connectivity index is 2.36. The molecule has 2 aromatic heterocycles. The third kappa shape index (κ3) is 2.48. The van der Waals surface area contributed by atoms with E-state index in [0.717, 1.165) is 11.1 Å². The number of pyridine rings is 1. The van der Waals surface area contributed by atoms with Gasteiger partial charge in [-0.15, -0.1) is 11.3 Å². The second-order valence-corrected chi connectivity index (χ2v) is 5.36. The number of hydrogen-bond donors (Lipinski definition) is 3. The van der Waals surface area contributed by atoms with E-state index in [9.17, 15) is 19.8 Å². The fourth-order valence-electron chi connectivity index (χ4n) is 1.72. The van der Waals surface area contributed by atoms with E-state index in [1.807, 2.05) is 0 Å². The van der Waals surface area contributed by atoms with Gasteiger partial charge in [-0.05, 0) is 25.5 Å². The first kappa shape index (κ1) is 14.0. The number of amides is 1. The van der Waals surface area contributed by atoms with Gasteiger partial charge in [0.2, 0.25) is 0 Å². The largest absolute Gasteiger partial charge is 0.505 e. The Morgan fingerprint density at radius 3 is 2.65 bits per heavy atom. The quantitative estimate of drug-likeness (QED) is 0.806. The Morgan fingerprint density at radius 1 is 1.35 bits per heavy atom. The molecule has 2 aromatic rings. The molecule has 0 radical (unpaired) electrons.